The highest BCUT2D eigenvalue weighted by atomic mass is 35.5. The Morgan fingerprint density at radius 3 is 2.71 bits per heavy atom. The van der Waals surface area contributed by atoms with Crippen LogP contribution in [0, 0.1) is 0 Å². The van der Waals surface area contributed by atoms with E-state index in [9.17, 15) is 14.7 Å². The lowest BCUT2D eigenvalue weighted by Gasteiger charge is -2.58. The molecule has 28 heavy (non-hydrogen) atoms. The van der Waals surface area contributed by atoms with Crippen LogP contribution < -0.4 is 10.2 Å². The van der Waals surface area contributed by atoms with Crippen molar-refractivity contribution in [2.24, 2.45) is 0 Å². The Morgan fingerprint density at radius 1 is 1.21 bits per heavy atom. The highest BCUT2D eigenvalue weighted by molar-refractivity contribution is 6.30. The number of rotatable bonds is 3. The van der Waals surface area contributed by atoms with Crippen molar-refractivity contribution in [1.82, 2.24) is 4.90 Å². The lowest BCUT2D eigenvalue weighted by molar-refractivity contribution is -0.149. The number of carbonyl (C=O) groups excluding carboxylic acids is 2. The molecule has 0 spiro atoms. The Balaban J connectivity index is 1.66. The van der Waals surface area contributed by atoms with Gasteiger partial charge in [0.1, 0.15) is 0 Å². The number of amides is 3. The first kappa shape index (κ1) is 18.8. The number of anilines is 2. The van der Waals surface area contributed by atoms with Gasteiger partial charge in [-0.2, -0.15) is 0 Å². The molecule has 2 heterocycles. The SMILES string of the molecule is CCC(=O)N1[C@@H]2CN(C(=O)Nc3cccc(Cl)c3)c3ccccc3[C@@H]2[C@@H]1CO. The van der Waals surface area contributed by atoms with E-state index in [1.165, 1.54) is 0 Å². The number of nitrogens with one attached hydrogen (secondary N) is 1. The van der Waals surface area contributed by atoms with Crippen LogP contribution in [0.5, 0.6) is 0 Å². The van der Waals surface area contributed by atoms with E-state index in [-0.39, 0.29) is 36.5 Å². The number of halogens is 1. The van der Waals surface area contributed by atoms with Crippen molar-refractivity contribution >= 4 is 34.9 Å². The van der Waals surface area contributed by atoms with Gasteiger partial charge >= 0.3 is 6.03 Å². The molecule has 3 amide bonds. The van der Waals surface area contributed by atoms with Crippen molar-refractivity contribution in [2.45, 2.75) is 31.3 Å². The molecule has 0 aromatic heterocycles. The highest BCUT2D eigenvalue weighted by Crippen LogP contribution is 2.48. The molecule has 1 fully saturated rings. The summed E-state index contributed by atoms with van der Waals surface area (Å²) < 4.78 is 0. The Kier molecular flexibility index (Phi) is 5.00. The van der Waals surface area contributed by atoms with Crippen LogP contribution in [0.2, 0.25) is 5.02 Å². The number of aliphatic hydroxyl groups excluding tert-OH is 1. The van der Waals surface area contributed by atoms with E-state index in [4.69, 9.17) is 11.6 Å². The third kappa shape index (κ3) is 3.02. The monoisotopic (exact) mass is 399 g/mol. The zero-order valence-corrected chi connectivity index (χ0v) is 16.3. The van der Waals surface area contributed by atoms with E-state index in [0.29, 0.717) is 23.7 Å². The molecule has 2 aromatic rings. The van der Waals surface area contributed by atoms with Crippen LogP contribution in [0.15, 0.2) is 48.5 Å². The van der Waals surface area contributed by atoms with Gasteiger partial charge < -0.3 is 15.3 Å². The molecule has 3 atom stereocenters. The first-order valence-corrected chi connectivity index (χ1v) is 9.78. The molecule has 0 radical (unpaired) electrons. The third-order valence-electron chi connectivity index (χ3n) is 5.60. The second-order valence-corrected chi connectivity index (χ2v) is 7.54. The summed E-state index contributed by atoms with van der Waals surface area (Å²) >= 11 is 6.02. The van der Waals surface area contributed by atoms with Gasteiger partial charge in [0.05, 0.1) is 18.7 Å². The maximum absolute atomic E-state index is 13.0. The Hall–Kier alpha value is -2.57. The van der Waals surface area contributed by atoms with Gasteiger partial charge in [-0.15, -0.1) is 0 Å². The van der Waals surface area contributed by atoms with E-state index < -0.39 is 0 Å². The molecule has 2 aliphatic rings. The summed E-state index contributed by atoms with van der Waals surface area (Å²) in [5, 5.41) is 13.3. The molecule has 4 rings (SSSR count). The zero-order chi connectivity index (χ0) is 19.8. The molecule has 2 aromatic carbocycles. The summed E-state index contributed by atoms with van der Waals surface area (Å²) in [5.74, 6) is 0.0294. The molecule has 0 saturated carbocycles. The van der Waals surface area contributed by atoms with Gasteiger partial charge in [-0.1, -0.05) is 42.8 Å². The summed E-state index contributed by atoms with van der Waals surface area (Å²) in [6.07, 6.45) is 0.371. The maximum atomic E-state index is 13.0. The minimum Gasteiger partial charge on any atom is -0.394 e. The van der Waals surface area contributed by atoms with Gasteiger partial charge in [-0.3, -0.25) is 9.69 Å². The number of fused-ring (bicyclic) bond motifs is 3. The minimum absolute atomic E-state index is 0.00474. The number of likely N-dealkylation sites (tertiary alicyclic amines) is 1. The van der Waals surface area contributed by atoms with Gasteiger partial charge in [0, 0.05) is 35.3 Å². The predicted molar refractivity (Wildman–Crippen MR) is 109 cm³/mol. The lowest BCUT2D eigenvalue weighted by Crippen LogP contribution is -2.70. The first-order chi connectivity index (χ1) is 13.5. The molecule has 1 saturated heterocycles. The largest absolute Gasteiger partial charge is 0.394 e. The smallest absolute Gasteiger partial charge is 0.326 e. The van der Waals surface area contributed by atoms with Crippen molar-refractivity contribution in [3.63, 3.8) is 0 Å². The summed E-state index contributed by atoms with van der Waals surface area (Å²) in [5.41, 5.74) is 2.41. The molecule has 7 heteroatoms. The average Bonchev–Trinajstić information content (AvgIpc) is 2.68. The van der Waals surface area contributed by atoms with Crippen LogP contribution in [0.1, 0.15) is 24.8 Å². The number of carbonyl (C=O) groups is 2. The lowest BCUT2D eigenvalue weighted by atomic mass is 9.72. The molecule has 0 bridgehead atoms. The number of benzene rings is 2. The normalized spacial score (nSPS) is 22.8. The van der Waals surface area contributed by atoms with Gasteiger partial charge in [-0.05, 0) is 29.8 Å². The number of urea groups is 1. The van der Waals surface area contributed by atoms with Gasteiger partial charge in [-0.25, -0.2) is 4.79 Å². The van der Waals surface area contributed by atoms with E-state index >= 15 is 0 Å². The van der Waals surface area contributed by atoms with Gasteiger partial charge in [0.25, 0.3) is 0 Å². The molecular formula is C21H22ClN3O3. The molecule has 2 N–H and O–H groups in total. The van der Waals surface area contributed by atoms with Crippen molar-refractivity contribution in [3.8, 4) is 0 Å². The summed E-state index contributed by atoms with van der Waals surface area (Å²) in [4.78, 5) is 28.9. The number of nitrogens with zero attached hydrogens (tertiary/aromatic N) is 2. The van der Waals surface area contributed by atoms with Gasteiger partial charge in [0.2, 0.25) is 5.91 Å². The van der Waals surface area contributed by atoms with E-state index in [2.05, 4.69) is 5.32 Å². The molecule has 0 unspecified atom stereocenters. The van der Waals surface area contributed by atoms with Crippen molar-refractivity contribution in [1.29, 1.82) is 0 Å². The van der Waals surface area contributed by atoms with Crippen molar-refractivity contribution < 1.29 is 14.7 Å². The summed E-state index contributed by atoms with van der Waals surface area (Å²) in [7, 11) is 0. The van der Waals surface area contributed by atoms with Gasteiger partial charge in [0.15, 0.2) is 0 Å². The second kappa shape index (κ2) is 7.45. The molecule has 146 valence electrons. The van der Waals surface area contributed by atoms with Crippen LogP contribution in [0.25, 0.3) is 0 Å². The number of hydrogen-bond acceptors (Lipinski definition) is 3. The first-order valence-electron chi connectivity index (χ1n) is 9.40. The second-order valence-electron chi connectivity index (χ2n) is 7.11. The molecule has 6 nitrogen and oxygen atoms in total. The standard InChI is InChI=1S/C21H22ClN3O3/c1-2-19(27)25-17-11-24(21(28)23-14-7-5-6-13(22)10-14)16-9-4-3-8-15(16)20(17)18(25)12-26/h3-10,17-18,20,26H,2,11-12H2,1H3,(H,23,28)/t17-,18+,20+/m1/s1. The summed E-state index contributed by atoms with van der Waals surface area (Å²) in [6.45, 7) is 2.11. The van der Waals surface area contributed by atoms with Crippen LogP contribution in [0.3, 0.4) is 0 Å². The molecule has 2 aliphatic heterocycles. The Morgan fingerprint density at radius 2 is 2.00 bits per heavy atom. The van der Waals surface area contributed by atoms with Crippen LogP contribution in [0.4, 0.5) is 16.2 Å². The number of para-hydroxylation sites is 1. The quantitative estimate of drug-likeness (QED) is 0.830. The topological polar surface area (TPSA) is 72.9 Å². The zero-order valence-electron chi connectivity index (χ0n) is 15.5. The predicted octanol–water partition coefficient (Wildman–Crippen LogP) is 3.46. The fourth-order valence-electron chi connectivity index (χ4n) is 4.37. The number of hydrogen-bond donors (Lipinski definition) is 2. The van der Waals surface area contributed by atoms with Crippen molar-refractivity contribution in [2.75, 3.05) is 23.4 Å². The Labute approximate surface area is 168 Å². The van der Waals surface area contributed by atoms with Crippen LogP contribution in [-0.4, -0.2) is 47.2 Å². The molecule has 0 aliphatic carbocycles. The molecular weight excluding hydrogens is 378 g/mol. The maximum Gasteiger partial charge on any atom is 0.326 e. The van der Waals surface area contributed by atoms with E-state index in [1.54, 1.807) is 34.1 Å². The fourth-order valence-corrected chi connectivity index (χ4v) is 4.56. The number of aliphatic hydroxyl groups is 1. The average molecular weight is 400 g/mol. The minimum atomic E-state index is -0.274. The van der Waals surface area contributed by atoms with E-state index in [0.717, 1.165) is 11.3 Å². The van der Waals surface area contributed by atoms with E-state index in [1.807, 2.05) is 31.2 Å². The van der Waals surface area contributed by atoms with Crippen molar-refractivity contribution in [3.05, 3.63) is 59.1 Å². The summed E-state index contributed by atoms with van der Waals surface area (Å²) in [6, 6.07) is 14.0. The van der Waals surface area contributed by atoms with Crippen LogP contribution in [-0.2, 0) is 4.79 Å². The van der Waals surface area contributed by atoms with Crippen LogP contribution >= 0.6 is 11.6 Å². The highest BCUT2D eigenvalue weighted by Gasteiger charge is 2.54. The Bertz CT molecular complexity index is 919. The third-order valence-corrected chi connectivity index (χ3v) is 5.83. The fraction of sp³-hybridized carbons (Fsp3) is 0.333.